The molecule has 2 heteroatoms. The molecule has 1 aliphatic carbocycles. The summed E-state index contributed by atoms with van der Waals surface area (Å²) in [6, 6.07) is 99.7. The SMILES string of the molecule is c1ccc(C2(c3ccccc3)c3ccccc3-c3c(N(c4ccc(-c5ccc(-c6ccc7cc(-c8ccc9ccccc9c8)ccc7c6)cc5)cc4)c4cccc5c4oc4ccccc45)cccc32)cc1. The van der Waals surface area contributed by atoms with Crippen LogP contribution in [0.15, 0.2) is 277 Å². The number of fused-ring (bicyclic) bond motifs is 8. The van der Waals surface area contributed by atoms with E-state index in [1.807, 2.05) is 6.07 Å². The van der Waals surface area contributed by atoms with Crippen LogP contribution in [0.1, 0.15) is 22.3 Å². The normalized spacial score (nSPS) is 12.6. The molecule has 0 unspecified atom stereocenters. The second kappa shape index (κ2) is 16.5. The molecule has 1 aromatic heterocycles. The van der Waals surface area contributed by atoms with E-state index >= 15 is 0 Å². The van der Waals surface area contributed by atoms with Crippen molar-refractivity contribution in [1.29, 1.82) is 0 Å². The lowest BCUT2D eigenvalue weighted by atomic mass is 9.68. The first-order chi connectivity index (χ1) is 35.2. The van der Waals surface area contributed by atoms with Gasteiger partial charge in [0, 0.05) is 22.0 Å². The van der Waals surface area contributed by atoms with Gasteiger partial charge in [-0.1, -0.05) is 224 Å². The Kier molecular flexibility index (Phi) is 9.47. The molecule has 1 heterocycles. The van der Waals surface area contributed by atoms with Crippen molar-refractivity contribution in [2.24, 2.45) is 0 Å². The molecule has 0 fully saturated rings. The molecule has 0 saturated carbocycles. The number of rotatable bonds is 8. The van der Waals surface area contributed by atoms with Crippen LogP contribution in [0.2, 0.25) is 0 Å². The van der Waals surface area contributed by atoms with Crippen LogP contribution in [0.5, 0.6) is 0 Å². The van der Waals surface area contributed by atoms with Crippen LogP contribution >= 0.6 is 0 Å². The van der Waals surface area contributed by atoms with E-state index in [1.165, 1.54) is 77.2 Å². The van der Waals surface area contributed by atoms with Crippen LogP contribution in [0.25, 0.3) is 88.0 Å². The van der Waals surface area contributed by atoms with Crippen LogP contribution in [0.4, 0.5) is 17.1 Å². The fourth-order valence-corrected chi connectivity index (χ4v) is 11.6. The van der Waals surface area contributed by atoms with Crippen molar-refractivity contribution in [3.05, 3.63) is 295 Å². The smallest absolute Gasteiger partial charge is 0.159 e. The summed E-state index contributed by atoms with van der Waals surface area (Å²) in [7, 11) is 0. The summed E-state index contributed by atoms with van der Waals surface area (Å²) in [4.78, 5) is 2.42. The molecule has 0 aliphatic heterocycles. The van der Waals surface area contributed by atoms with Gasteiger partial charge in [-0.25, -0.2) is 0 Å². The van der Waals surface area contributed by atoms with Crippen LogP contribution in [0, 0.1) is 0 Å². The van der Waals surface area contributed by atoms with Crippen LogP contribution in [0.3, 0.4) is 0 Å². The maximum absolute atomic E-state index is 6.83. The highest BCUT2D eigenvalue weighted by Gasteiger charge is 2.47. The summed E-state index contributed by atoms with van der Waals surface area (Å²) >= 11 is 0. The third-order valence-electron chi connectivity index (χ3n) is 14.9. The molecule has 332 valence electrons. The van der Waals surface area contributed by atoms with Gasteiger partial charge in [0.25, 0.3) is 0 Å². The van der Waals surface area contributed by atoms with Gasteiger partial charge in [-0.3, -0.25) is 0 Å². The van der Waals surface area contributed by atoms with Crippen molar-refractivity contribution in [2.45, 2.75) is 5.41 Å². The standard InChI is InChI=1S/C69H45NO/c1-3-17-56(18-4-1)69(57-19-5-2-6-20-57)62-24-11-9-22-61(62)67-63(69)25-14-26-64(67)70(65-27-13-23-60-59-21-10-12-28-66(59)71-68(60)65)58-41-39-48(40-42-58)47-29-31-49(32-30-47)51-35-36-54-45-55(38-37-53(54)44-51)52-34-33-46-15-7-8-16-50(46)43-52/h1-45H. The molecule has 1 aliphatic rings. The summed E-state index contributed by atoms with van der Waals surface area (Å²) in [5.41, 5.74) is 18.9. The maximum Gasteiger partial charge on any atom is 0.159 e. The second-order valence-electron chi connectivity index (χ2n) is 18.8. The highest BCUT2D eigenvalue weighted by Crippen LogP contribution is 2.60. The van der Waals surface area contributed by atoms with Gasteiger partial charge in [-0.2, -0.15) is 0 Å². The van der Waals surface area contributed by atoms with Gasteiger partial charge in [-0.05, 0) is 131 Å². The van der Waals surface area contributed by atoms with Crippen molar-refractivity contribution < 1.29 is 4.42 Å². The monoisotopic (exact) mass is 903 g/mol. The van der Waals surface area contributed by atoms with E-state index in [-0.39, 0.29) is 0 Å². The highest BCUT2D eigenvalue weighted by atomic mass is 16.3. The molecule has 0 radical (unpaired) electrons. The Hall–Kier alpha value is -9.24. The first-order valence-corrected chi connectivity index (χ1v) is 24.5. The number of furan rings is 1. The van der Waals surface area contributed by atoms with Gasteiger partial charge < -0.3 is 9.32 Å². The molecule has 2 nitrogen and oxygen atoms in total. The van der Waals surface area contributed by atoms with Crippen molar-refractivity contribution in [1.82, 2.24) is 0 Å². The van der Waals surface area contributed by atoms with Crippen molar-refractivity contribution in [2.75, 3.05) is 4.90 Å². The molecule has 71 heavy (non-hydrogen) atoms. The minimum absolute atomic E-state index is 0.535. The van der Waals surface area contributed by atoms with Crippen LogP contribution in [-0.4, -0.2) is 0 Å². The molecular formula is C69H45NO. The predicted octanol–water partition coefficient (Wildman–Crippen LogP) is 18.7. The number of anilines is 3. The lowest BCUT2D eigenvalue weighted by Gasteiger charge is -2.34. The predicted molar refractivity (Wildman–Crippen MR) is 297 cm³/mol. The van der Waals surface area contributed by atoms with Crippen molar-refractivity contribution in [3.8, 4) is 44.5 Å². The molecule has 12 aromatic carbocycles. The summed E-state index contributed by atoms with van der Waals surface area (Å²) < 4.78 is 6.83. The van der Waals surface area contributed by atoms with Crippen LogP contribution in [-0.2, 0) is 5.41 Å². The molecule has 0 atom stereocenters. The van der Waals surface area contributed by atoms with Gasteiger partial charge in [0.1, 0.15) is 5.58 Å². The Morgan fingerprint density at radius 3 is 1.46 bits per heavy atom. The van der Waals surface area contributed by atoms with E-state index in [0.29, 0.717) is 0 Å². The minimum Gasteiger partial charge on any atom is -0.454 e. The van der Waals surface area contributed by atoms with E-state index in [1.54, 1.807) is 0 Å². The third kappa shape index (κ3) is 6.57. The fourth-order valence-electron chi connectivity index (χ4n) is 11.6. The van der Waals surface area contributed by atoms with E-state index in [0.717, 1.165) is 50.1 Å². The van der Waals surface area contributed by atoms with Gasteiger partial charge >= 0.3 is 0 Å². The number of para-hydroxylation sites is 2. The molecule has 13 aromatic rings. The third-order valence-corrected chi connectivity index (χ3v) is 14.9. The Morgan fingerprint density at radius 1 is 0.310 bits per heavy atom. The molecule has 0 spiro atoms. The molecular weight excluding hydrogens is 859 g/mol. The van der Waals surface area contributed by atoms with Crippen LogP contribution < -0.4 is 4.90 Å². The number of hydrogen-bond acceptors (Lipinski definition) is 2. The van der Waals surface area contributed by atoms with E-state index in [9.17, 15) is 0 Å². The molecule has 0 N–H and O–H groups in total. The first kappa shape index (κ1) is 40.8. The largest absolute Gasteiger partial charge is 0.454 e. The lowest BCUT2D eigenvalue weighted by Crippen LogP contribution is -2.28. The Bertz CT molecular complexity index is 4110. The van der Waals surface area contributed by atoms with Crippen molar-refractivity contribution in [3.63, 3.8) is 0 Å². The van der Waals surface area contributed by atoms with E-state index in [4.69, 9.17) is 4.42 Å². The molecule has 14 rings (SSSR count). The quantitative estimate of drug-likeness (QED) is 0.151. The van der Waals surface area contributed by atoms with Crippen molar-refractivity contribution >= 4 is 60.5 Å². The average Bonchev–Trinajstić information content (AvgIpc) is 3.99. The Morgan fingerprint density at radius 2 is 0.775 bits per heavy atom. The molecule has 0 saturated heterocycles. The second-order valence-corrected chi connectivity index (χ2v) is 18.8. The summed E-state index contributed by atoms with van der Waals surface area (Å²) in [6.45, 7) is 0. The number of hydrogen-bond donors (Lipinski definition) is 0. The molecule has 0 bridgehead atoms. The Balaban J connectivity index is 0.862. The summed E-state index contributed by atoms with van der Waals surface area (Å²) in [5, 5.41) is 7.18. The van der Waals surface area contributed by atoms with Gasteiger partial charge in [0.2, 0.25) is 0 Å². The van der Waals surface area contributed by atoms with Gasteiger partial charge in [0.05, 0.1) is 16.8 Å². The number of benzene rings is 12. The van der Waals surface area contributed by atoms with E-state index < -0.39 is 5.41 Å². The average molecular weight is 904 g/mol. The topological polar surface area (TPSA) is 16.4 Å². The van der Waals surface area contributed by atoms with E-state index in [2.05, 4.69) is 272 Å². The fraction of sp³-hybridized carbons (Fsp3) is 0.0145. The Labute approximate surface area is 413 Å². The summed E-state index contributed by atoms with van der Waals surface area (Å²) in [6.07, 6.45) is 0. The highest BCUT2D eigenvalue weighted by molar-refractivity contribution is 6.11. The van der Waals surface area contributed by atoms with Gasteiger partial charge in [-0.15, -0.1) is 0 Å². The molecule has 0 amide bonds. The lowest BCUT2D eigenvalue weighted by molar-refractivity contribution is 0.669. The zero-order valence-electron chi connectivity index (χ0n) is 38.8. The minimum atomic E-state index is -0.535. The first-order valence-electron chi connectivity index (χ1n) is 24.5. The zero-order valence-corrected chi connectivity index (χ0v) is 38.8. The summed E-state index contributed by atoms with van der Waals surface area (Å²) in [5.74, 6) is 0. The maximum atomic E-state index is 6.83. The number of nitrogens with zero attached hydrogens (tertiary/aromatic N) is 1. The zero-order chi connectivity index (χ0) is 46.9. The van der Waals surface area contributed by atoms with Gasteiger partial charge in [0.15, 0.2) is 5.58 Å².